The summed E-state index contributed by atoms with van der Waals surface area (Å²) in [7, 11) is -2.26. The maximum absolute atomic E-state index is 12.4. The van der Waals surface area contributed by atoms with Crippen molar-refractivity contribution in [2.45, 2.75) is 17.9 Å². The van der Waals surface area contributed by atoms with Gasteiger partial charge in [0.15, 0.2) is 0 Å². The Morgan fingerprint density at radius 1 is 1.09 bits per heavy atom. The average molecular weight is 360 g/mol. The van der Waals surface area contributed by atoms with Crippen LogP contribution in [0.15, 0.2) is 47.4 Å². The number of hydrogen-bond donors (Lipinski definition) is 1. The number of rotatable bonds is 5. The number of benzene rings is 2. The van der Waals surface area contributed by atoms with Gasteiger partial charge >= 0.3 is 0 Å². The molecule has 0 saturated heterocycles. The highest BCUT2D eigenvalue weighted by Crippen LogP contribution is 2.28. The maximum Gasteiger partial charge on any atom is 0.241 e. The quantitative estimate of drug-likeness (QED) is 0.876. The van der Waals surface area contributed by atoms with Crippen LogP contribution in [-0.2, 0) is 10.0 Å². The summed E-state index contributed by atoms with van der Waals surface area (Å²) in [4.78, 5) is 0.0669. The molecule has 1 N–H and O–H groups in total. The van der Waals surface area contributed by atoms with Gasteiger partial charge in [-0.3, -0.25) is 0 Å². The molecular weight excluding hydrogens is 345 g/mol. The molecule has 0 spiro atoms. The average Bonchev–Trinajstić information content (AvgIpc) is 2.47. The van der Waals surface area contributed by atoms with Crippen LogP contribution >= 0.6 is 23.2 Å². The molecule has 2 aromatic carbocycles. The number of sulfonamides is 1. The molecule has 0 radical (unpaired) electrons. The van der Waals surface area contributed by atoms with Crippen LogP contribution in [-0.4, -0.2) is 15.5 Å². The molecule has 2 aromatic rings. The molecule has 7 heteroatoms. The number of halogens is 2. The number of ether oxygens (including phenoxy) is 1. The van der Waals surface area contributed by atoms with E-state index in [1.54, 1.807) is 31.2 Å². The fraction of sp³-hybridized carbons (Fsp3) is 0.200. The molecule has 0 saturated carbocycles. The number of nitrogens with one attached hydrogen (secondary N) is 1. The fourth-order valence-electron chi connectivity index (χ4n) is 2.00. The van der Waals surface area contributed by atoms with Crippen molar-refractivity contribution in [3.63, 3.8) is 0 Å². The molecule has 0 aliphatic carbocycles. The highest BCUT2D eigenvalue weighted by molar-refractivity contribution is 7.89. The molecule has 0 aromatic heterocycles. The standard InChI is InChI=1S/C15H15Cl2NO3S/c1-10(12-5-3-4-6-13(12)16)18-22(19,20)11-7-8-15(21-2)14(17)9-11/h3-10,18H,1-2H3. The first kappa shape index (κ1) is 17.1. The Kier molecular flexibility index (Phi) is 5.34. The molecule has 0 amide bonds. The summed E-state index contributed by atoms with van der Waals surface area (Å²) in [6, 6.07) is 10.9. The monoisotopic (exact) mass is 359 g/mol. The topological polar surface area (TPSA) is 55.4 Å². The molecule has 0 fully saturated rings. The van der Waals surface area contributed by atoms with Gasteiger partial charge in [0.2, 0.25) is 10.0 Å². The molecule has 118 valence electrons. The molecule has 0 bridgehead atoms. The summed E-state index contributed by atoms with van der Waals surface area (Å²) in [5, 5.41) is 0.737. The molecule has 1 atom stereocenters. The van der Waals surface area contributed by atoms with E-state index in [2.05, 4.69) is 4.72 Å². The van der Waals surface area contributed by atoms with Crippen molar-refractivity contribution < 1.29 is 13.2 Å². The zero-order chi connectivity index (χ0) is 16.3. The van der Waals surface area contributed by atoms with Gasteiger partial charge in [-0.2, -0.15) is 0 Å². The minimum Gasteiger partial charge on any atom is -0.495 e. The molecule has 2 rings (SSSR count). The van der Waals surface area contributed by atoms with E-state index in [1.807, 2.05) is 0 Å². The number of hydrogen-bond acceptors (Lipinski definition) is 3. The van der Waals surface area contributed by atoms with Crippen molar-refractivity contribution in [3.8, 4) is 5.75 Å². The van der Waals surface area contributed by atoms with Crippen LogP contribution in [0.3, 0.4) is 0 Å². The summed E-state index contributed by atoms with van der Waals surface area (Å²) in [5.41, 5.74) is 0.701. The van der Waals surface area contributed by atoms with E-state index in [1.165, 1.54) is 25.3 Å². The molecular formula is C15H15Cl2NO3S. The second kappa shape index (κ2) is 6.87. The van der Waals surface area contributed by atoms with Crippen LogP contribution in [0.4, 0.5) is 0 Å². The van der Waals surface area contributed by atoms with Crippen LogP contribution in [0, 0.1) is 0 Å². The third-order valence-corrected chi connectivity index (χ3v) is 5.32. The minimum atomic E-state index is -3.72. The molecule has 0 aliphatic heterocycles. The predicted molar refractivity (Wildman–Crippen MR) is 88.2 cm³/mol. The lowest BCUT2D eigenvalue weighted by Crippen LogP contribution is -2.27. The van der Waals surface area contributed by atoms with Crippen molar-refractivity contribution in [1.29, 1.82) is 0 Å². The Morgan fingerprint density at radius 3 is 2.36 bits per heavy atom. The Labute approximate surface area is 140 Å². The van der Waals surface area contributed by atoms with Gasteiger partial charge in [-0.15, -0.1) is 0 Å². The first-order chi connectivity index (χ1) is 10.3. The van der Waals surface area contributed by atoms with Crippen LogP contribution in [0.1, 0.15) is 18.5 Å². The molecule has 0 heterocycles. The van der Waals surface area contributed by atoms with Gasteiger partial charge < -0.3 is 4.74 Å². The Bertz CT molecular complexity index is 778. The van der Waals surface area contributed by atoms with E-state index in [-0.39, 0.29) is 9.92 Å². The lowest BCUT2D eigenvalue weighted by Gasteiger charge is -2.16. The third kappa shape index (κ3) is 3.73. The molecule has 0 aliphatic rings. The highest BCUT2D eigenvalue weighted by atomic mass is 35.5. The Balaban J connectivity index is 2.28. The van der Waals surface area contributed by atoms with E-state index in [0.717, 1.165) is 0 Å². The smallest absolute Gasteiger partial charge is 0.241 e. The lowest BCUT2D eigenvalue weighted by molar-refractivity contribution is 0.414. The Morgan fingerprint density at radius 2 is 1.77 bits per heavy atom. The SMILES string of the molecule is COc1ccc(S(=O)(=O)NC(C)c2ccccc2Cl)cc1Cl. The molecule has 4 nitrogen and oxygen atoms in total. The lowest BCUT2D eigenvalue weighted by atomic mass is 10.1. The van der Waals surface area contributed by atoms with Gasteiger partial charge in [0, 0.05) is 11.1 Å². The molecule has 1 unspecified atom stereocenters. The summed E-state index contributed by atoms with van der Waals surface area (Å²) in [6.07, 6.45) is 0. The van der Waals surface area contributed by atoms with E-state index in [9.17, 15) is 8.42 Å². The van der Waals surface area contributed by atoms with Crippen molar-refractivity contribution in [1.82, 2.24) is 4.72 Å². The predicted octanol–water partition coefficient (Wildman–Crippen LogP) is 4.04. The van der Waals surface area contributed by atoms with E-state index in [4.69, 9.17) is 27.9 Å². The van der Waals surface area contributed by atoms with Crippen molar-refractivity contribution in [3.05, 3.63) is 58.1 Å². The first-order valence-corrected chi connectivity index (χ1v) is 8.69. The minimum absolute atomic E-state index is 0.0669. The van der Waals surface area contributed by atoms with Crippen LogP contribution in [0.2, 0.25) is 10.0 Å². The van der Waals surface area contributed by atoms with Crippen LogP contribution < -0.4 is 9.46 Å². The van der Waals surface area contributed by atoms with E-state index >= 15 is 0 Å². The van der Waals surface area contributed by atoms with Crippen molar-refractivity contribution >= 4 is 33.2 Å². The fourth-order valence-corrected chi connectivity index (χ4v) is 3.88. The van der Waals surface area contributed by atoms with Crippen molar-refractivity contribution in [2.24, 2.45) is 0 Å². The van der Waals surface area contributed by atoms with E-state index in [0.29, 0.717) is 16.3 Å². The van der Waals surface area contributed by atoms with Gasteiger partial charge in [0.25, 0.3) is 0 Å². The van der Waals surface area contributed by atoms with Crippen molar-refractivity contribution in [2.75, 3.05) is 7.11 Å². The van der Waals surface area contributed by atoms with Gasteiger partial charge in [0.05, 0.1) is 17.0 Å². The maximum atomic E-state index is 12.4. The zero-order valence-corrected chi connectivity index (χ0v) is 14.3. The summed E-state index contributed by atoms with van der Waals surface area (Å²) < 4.78 is 32.4. The van der Waals surface area contributed by atoms with Gasteiger partial charge in [-0.1, -0.05) is 41.4 Å². The second-order valence-corrected chi connectivity index (χ2v) is 7.19. The van der Waals surface area contributed by atoms with Crippen LogP contribution in [0.25, 0.3) is 0 Å². The van der Waals surface area contributed by atoms with E-state index < -0.39 is 16.1 Å². The normalized spacial score (nSPS) is 12.9. The summed E-state index contributed by atoms with van der Waals surface area (Å²) in [6.45, 7) is 1.73. The largest absolute Gasteiger partial charge is 0.495 e. The highest BCUT2D eigenvalue weighted by Gasteiger charge is 2.20. The summed E-state index contributed by atoms with van der Waals surface area (Å²) in [5.74, 6) is 0.416. The van der Waals surface area contributed by atoms with Gasteiger partial charge in [-0.25, -0.2) is 13.1 Å². The third-order valence-electron chi connectivity index (χ3n) is 3.14. The van der Waals surface area contributed by atoms with Gasteiger partial charge in [-0.05, 0) is 36.8 Å². The molecule has 22 heavy (non-hydrogen) atoms. The van der Waals surface area contributed by atoms with Gasteiger partial charge in [0.1, 0.15) is 5.75 Å². The number of methoxy groups -OCH3 is 1. The van der Waals surface area contributed by atoms with Crippen LogP contribution in [0.5, 0.6) is 5.75 Å². The zero-order valence-electron chi connectivity index (χ0n) is 12.0. The summed E-state index contributed by atoms with van der Waals surface area (Å²) >= 11 is 12.1. The first-order valence-electron chi connectivity index (χ1n) is 6.45. The Hall–Kier alpha value is -1.27. The second-order valence-electron chi connectivity index (χ2n) is 4.66.